The molecular formula is C29H28N2O3S. The van der Waals surface area contributed by atoms with Gasteiger partial charge in [-0.1, -0.05) is 30.3 Å². The van der Waals surface area contributed by atoms with Gasteiger partial charge in [-0.2, -0.15) is 0 Å². The minimum atomic E-state index is -0.0970. The first kappa shape index (κ1) is 23.2. The van der Waals surface area contributed by atoms with Crippen LogP contribution in [-0.4, -0.2) is 28.9 Å². The molecule has 1 fully saturated rings. The molecule has 0 atom stereocenters. The van der Waals surface area contributed by atoms with Crippen LogP contribution in [0.2, 0.25) is 0 Å². The molecule has 4 aromatic rings. The zero-order chi connectivity index (χ0) is 24.2. The highest BCUT2D eigenvalue weighted by Crippen LogP contribution is 2.36. The summed E-state index contributed by atoms with van der Waals surface area (Å²) in [6, 6.07) is 19.5. The third kappa shape index (κ3) is 4.84. The Balaban J connectivity index is 1.62. The fourth-order valence-electron chi connectivity index (χ4n) is 4.55. The molecule has 0 spiro atoms. The molecule has 0 amide bonds. The number of methoxy groups -OCH3 is 1. The van der Waals surface area contributed by atoms with Crippen molar-refractivity contribution < 1.29 is 9.47 Å². The van der Waals surface area contributed by atoms with Gasteiger partial charge in [-0.15, -0.1) is 11.8 Å². The second-order valence-electron chi connectivity index (χ2n) is 8.57. The number of rotatable bonds is 7. The van der Waals surface area contributed by atoms with Crippen molar-refractivity contribution in [2.45, 2.75) is 36.7 Å². The van der Waals surface area contributed by atoms with Crippen LogP contribution in [0.5, 0.6) is 11.5 Å². The van der Waals surface area contributed by atoms with Crippen LogP contribution in [0.25, 0.3) is 28.9 Å². The zero-order valence-corrected chi connectivity index (χ0v) is 20.8. The number of nitrogens with zero attached hydrogens (tertiary/aromatic N) is 2. The molecule has 178 valence electrons. The maximum Gasteiger partial charge on any atom is 0.266 e. The Labute approximate surface area is 209 Å². The zero-order valence-electron chi connectivity index (χ0n) is 19.9. The Morgan fingerprint density at radius 1 is 1.00 bits per heavy atom. The first-order valence-electron chi connectivity index (χ1n) is 11.9. The van der Waals surface area contributed by atoms with Gasteiger partial charge in [0.1, 0.15) is 5.65 Å². The van der Waals surface area contributed by atoms with Crippen LogP contribution < -0.4 is 15.0 Å². The van der Waals surface area contributed by atoms with Crippen LogP contribution in [0.3, 0.4) is 0 Å². The summed E-state index contributed by atoms with van der Waals surface area (Å²) >= 11 is 1.67. The minimum Gasteiger partial charge on any atom is -0.493 e. The molecule has 0 N–H and O–H groups in total. The van der Waals surface area contributed by atoms with Gasteiger partial charge in [0, 0.05) is 16.7 Å². The Morgan fingerprint density at radius 3 is 2.54 bits per heavy atom. The van der Waals surface area contributed by atoms with Crippen molar-refractivity contribution in [2.24, 2.45) is 0 Å². The molecule has 2 aromatic heterocycles. The van der Waals surface area contributed by atoms with Gasteiger partial charge in [0.15, 0.2) is 11.5 Å². The molecule has 0 aliphatic heterocycles. The van der Waals surface area contributed by atoms with E-state index < -0.39 is 0 Å². The van der Waals surface area contributed by atoms with Crippen molar-refractivity contribution >= 4 is 29.6 Å². The molecule has 2 heterocycles. The van der Waals surface area contributed by atoms with Crippen molar-refractivity contribution in [3.8, 4) is 22.6 Å². The highest BCUT2D eigenvalue weighted by molar-refractivity contribution is 7.98. The summed E-state index contributed by atoms with van der Waals surface area (Å²) in [5.74, 6) is 1.44. The summed E-state index contributed by atoms with van der Waals surface area (Å²) in [6.45, 7) is 0. The lowest BCUT2D eigenvalue weighted by atomic mass is 10.0. The quantitative estimate of drug-likeness (QED) is 0.277. The Hall–Kier alpha value is -3.51. The van der Waals surface area contributed by atoms with Gasteiger partial charge in [0.2, 0.25) is 0 Å². The Morgan fingerprint density at radius 2 is 1.80 bits per heavy atom. The van der Waals surface area contributed by atoms with Crippen LogP contribution >= 0.6 is 11.8 Å². The van der Waals surface area contributed by atoms with E-state index in [1.807, 2.05) is 79.1 Å². The average Bonchev–Trinajstić information content (AvgIpc) is 3.41. The van der Waals surface area contributed by atoms with Crippen LogP contribution in [0.4, 0.5) is 0 Å². The number of ether oxygens (including phenoxy) is 2. The van der Waals surface area contributed by atoms with E-state index in [9.17, 15) is 4.79 Å². The lowest BCUT2D eigenvalue weighted by Crippen LogP contribution is -2.18. The highest BCUT2D eigenvalue weighted by Gasteiger charge is 2.20. The molecule has 0 bridgehead atoms. The summed E-state index contributed by atoms with van der Waals surface area (Å²) in [4.78, 5) is 19.5. The number of para-hydroxylation sites is 1. The first-order valence-corrected chi connectivity index (χ1v) is 13.1. The normalized spacial score (nSPS) is 14.1. The SMILES string of the molecule is COc1cccc(C=Cc2nc3ccccn3c(=O)c2-c2ccc(SC)cc2)c1OC1CCCC1. The Kier molecular flexibility index (Phi) is 6.91. The van der Waals surface area contributed by atoms with Gasteiger partial charge in [0.05, 0.1) is 24.5 Å². The molecule has 1 saturated carbocycles. The van der Waals surface area contributed by atoms with Crippen molar-refractivity contribution in [1.29, 1.82) is 0 Å². The molecular weight excluding hydrogens is 456 g/mol. The predicted molar refractivity (Wildman–Crippen MR) is 143 cm³/mol. The summed E-state index contributed by atoms with van der Waals surface area (Å²) in [6.07, 6.45) is 12.4. The van der Waals surface area contributed by atoms with E-state index in [2.05, 4.69) is 0 Å². The standard InChI is InChI=1S/C29H28N2O3S/c1-33-25-11-7-8-21(28(25)34-22-9-3-4-10-22)15-18-24-27(20-13-16-23(35-2)17-14-20)29(32)31-19-6-5-12-26(31)30-24/h5-8,11-19,22H,3-4,9-10H2,1-2H3. The number of fused-ring (bicyclic) bond motifs is 1. The molecule has 6 heteroatoms. The number of hydrogen-bond donors (Lipinski definition) is 0. The lowest BCUT2D eigenvalue weighted by molar-refractivity contribution is 0.200. The largest absolute Gasteiger partial charge is 0.493 e. The second kappa shape index (κ2) is 10.4. The fourth-order valence-corrected chi connectivity index (χ4v) is 4.96. The third-order valence-electron chi connectivity index (χ3n) is 6.38. The molecule has 0 saturated heterocycles. The van der Waals surface area contributed by atoms with Crippen LogP contribution in [0.1, 0.15) is 36.9 Å². The van der Waals surface area contributed by atoms with E-state index in [0.717, 1.165) is 34.6 Å². The van der Waals surface area contributed by atoms with Gasteiger partial charge in [0.25, 0.3) is 5.56 Å². The van der Waals surface area contributed by atoms with E-state index in [4.69, 9.17) is 14.5 Å². The summed E-state index contributed by atoms with van der Waals surface area (Å²) in [5, 5.41) is 0. The summed E-state index contributed by atoms with van der Waals surface area (Å²) in [7, 11) is 1.66. The van der Waals surface area contributed by atoms with Crippen LogP contribution in [-0.2, 0) is 0 Å². The van der Waals surface area contributed by atoms with Crippen molar-refractivity contribution in [2.75, 3.05) is 13.4 Å². The van der Waals surface area contributed by atoms with E-state index >= 15 is 0 Å². The molecule has 2 aromatic carbocycles. The average molecular weight is 485 g/mol. The topological polar surface area (TPSA) is 52.8 Å². The maximum absolute atomic E-state index is 13.6. The first-order chi connectivity index (χ1) is 17.2. The molecule has 1 aliphatic carbocycles. The number of benzene rings is 2. The number of hydrogen-bond acceptors (Lipinski definition) is 5. The van der Waals surface area contributed by atoms with Gasteiger partial charge < -0.3 is 9.47 Å². The highest BCUT2D eigenvalue weighted by atomic mass is 32.2. The molecule has 1 aliphatic rings. The van der Waals surface area contributed by atoms with Crippen LogP contribution in [0, 0.1) is 0 Å². The second-order valence-corrected chi connectivity index (χ2v) is 9.45. The molecule has 35 heavy (non-hydrogen) atoms. The van der Waals surface area contributed by atoms with E-state index in [-0.39, 0.29) is 11.7 Å². The van der Waals surface area contributed by atoms with E-state index in [1.54, 1.807) is 29.5 Å². The summed E-state index contributed by atoms with van der Waals surface area (Å²) in [5.41, 5.74) is 3.43. The van der Waals surface area contributed by atoms with Crippen LogP contribution in [0.15, 0.2) is 76.6 Å². The van der Waals surface area contributed by atoms with Crippen molar-refractivity contribution in [3.05, 3.63) is 88.5 Å². The summed E-state index contributed by atoms with van der Waals surface area (Å²) < 4.78 is 13.6. The number of pyridine rings is 1. The van der Waals surface area contributed by atoms with Gasteiger partial charge in [-0.05, 0) is 80.0 Å². The smallest absolute Gasteiger partial charge is 0.266 e. The fraction of sp³-hybridized carbons (Fsp3) is 0.241. The molecule has 5 nitrogen and oxygen atoms in total. The maximum atomic E-state index is 13.6. The Bertz CT molecular complexity index is 1420. The van der Waals surface area contributed by atoms with E-state index in [0.29, 0.717) is 22.7 Å². The molecule has 5 rings (SSSR count). The number of thioether (sulfide) groups is 1. The van der Waals surface area contributed by atoms with Crippen molar-refractivity contribution in [3.63, 3.8) is 0 Å². The number of aromatic nitrogens is 2. The minimum absolute atomic E-state index is 0.0970. The predicted octanol–water partition coefficient (Wildman–Crippen LogP) is 6.58. The molecule has 0 radical (unpaired) electrons. The van der Waals surface area contributed by atoms with Gasteiger partial charge in [-0.25, -0.2) is 4.98 Å². The third-order valence-corrected chi connectivity index (χ3v) is 7.12. The van der Waals surface area contributed by atoms with Gasteiger partial charge >= 0.3 is 0 Å². The lowest BCUT2D eigenvalue weighted by Gasteiger charge is -2.18. The van der Waals surface area contributed by atoms with Gasteiger partial charge in [-0.3, -0.25) is 9.20 Å². The van der Waals surface area contributed by atoms with Crippen molar-refractivity contribution in [1.82, 2.24) is 9.38 Å². The monoisotopic (exact) mass is 484 g/mol. The van der Waals surface area contributed by atoms with E-state index in [1.165, 1.54) is 12.8 Å². The molecule has 0 unspecified atom stereocenters.